The van der Waals surface area contributed by atoms with Crippen molar-refractivity contribution in [3.8, 4) is 6.07 Å². The standard InChI is InChI=1S/C19H36O4S.C18H32O6.C15H26O7.C14H34O4Si3.C11H22O4.C9H16O6.C9H16O4S.C5H9N/c1-3-4-5-6-7-8-9-10-11-12-14-23-19(22)17(2)16-24-15-13-18(20)21;1-3-5-9-15(4-2)14-24-17(21)10-7-6-8-13-23-18(22)12-11-16(19)20;1-2-3-10-21-15(19)22-12-7-5-4-6-11-20-14(18)9-8-13(16)17;1-8-9-12-19(2,3)17-21(6,7)18-20(4,5)13-10-11-14(15)16;1-5-11(2,3)10(12)15-9-8-14-7-6-13-4;1-13-4-5-14-6-7-15-9(12)3-2-8(10)11;1-9(2,8(12)13-3)6-14-5-4-7(10)11;1-3-5(2)4-6/h17H,3-16H2,1-2H3,(H,20,21);15H,3-14H2,1-2H3,(H,19,20);2-12H2,1H3,(H,16,17);8-13H2,1-7H3,(H,15,16);5-9H2,1-4H3;2-7H2,1H3,(H,10,11);4-6H2,1-3H3,(H,10,11);5H,3H2,1-2H3. The monoisotopic (exact) mass is 2110 g/mol. The second-order valence-corrected chi connectivity index (χ2v) is 51.2. The molecule has 41 heteroatoms. The summed E-state index contributed by atoms with van der Waals surface area (Å²) in [6, 6.07) is 4.18. The Labute approximate surface area is 857 Å². The van der Waals surface area contributed by atoms with Crippen molar-refractivity contribution in [2.75, 3.05) is 137 Å². The topological polar surface area (TPSA) is 523 Å². The molecule has 0 aromatic heterocycles. The number of hydrogen-bond donors (Lipinski definition) is 6. The molecule has 0 saturated heterocycles. The van der Waals surface area contributed by atoms with Crippen molar-refractivity contribution >= 4 is 132 Å². The van der Waals surface area contributed by atoms with E-state index in [1.807, 2.05) is 48.5 Å². The SMILES string of the molecule is CCC(C)(C)C(=O)OCCOCCOC.CCC(C)C#N.CCCCC(CC)COC(=O)CCCCCOC(=O)CCC(=O)O.CCCCCCCCCCCCOC(=O)C(C)CSCCC(=O)O.CCCCOC(=O)OCCCCCCOC(=O)CCC(=O)O.CCCC[Si](C)(C)O[Si](C)(C)O[Si](C)(C)CCCC(=O)O.COC(=O)C(C)(C)CSCCC(=O)O.COCCOCCOC(=O)CCC(=O)O. The third-order valence-corrected chi connectivity index (χ3v) is 34.4. The average Bonchev–Trinajstić information content (AvgIpc) is 0.837. The zero-order valence-electron chi connectivity index (χ0n) is 90.5. The number of hydrogen-bond acceptors (Lipinski definition) is 32. The molecule has 0 rings (SSSR count). The maximum absolute atomic E-state index is 11.8. The molecule has 0 saturated carbocycles. The van der Waals surface area contributed by atoms with Gasteiger partial charge in [-0.05, 0) is 175 Å². The molecule has 0 spiro atoms. The molecule has 0 radical (unpaired) electrons. The zero-order valence-corrected chi connectivity index (χ0v) is 95.2. The smallest absolute Gasteiger partial charge is 0.481 e. The second-order valence-electron chi connectivity index (χ2n) is 36.5. The third-order valence-electron chi connectivity index (χ3n) is 20.2. The minimum atomic E-state index is -2.13. The number of methoxy groups -OCH3 is 3. The Morgan fingerprint density at radius 1 is 0.355 bits per heavy atom. The van der Waals surface area contributed by atoms with E-state index in [9.17, 15) is 67.1 Å². The lowest BCUT2D eigenvalue weighted by Gasteiger charge is -2.38. The van der Waals surface area contributed by atoms with Gasteiger partial charge in [0.2, 0.25) is 0 Å². The maximum atomic E-state index is 11.8. The summed E-state index contributed by atoms with van der Waals surface area (Å²) >= 11 is 2.95. The highest BCUT2D eigenvalue weighted by Gasteiger charge is 2.39. The summed E-state index contributed by atoms with van der Waals surface area (Å²) in [4.78, 5) is 152. The Hall–Kier alpha value is -7.02. The molecular formula is C100H191NO35S2Si3. The molecule has 0 heterocycles. The van der Waals surface area contributed by atoms with Gasteiger partial charge in [-0.15, -0.1) is 0 Å². The van der Waals surface area contributed by atoms with E-state index in [0.29, 0.717) is 140 Å². The minimum Gasteiger partial charge on any atom is -0.481 e. The minimum absolute atomic E-state index is 0.0939. The van der Waals surface area contributed by atoms with Gasteiger partial charge in [0, 0.05) is 56.0 Å². The van der Waals surface area contributed by atoms with Crippen LogP contribution in [0.5, 0.6) is 0 Å². The molecule has 0 amide bonds. The van der Waals surface area contributed by atoms with Gasteiger partial charge in [0.15, 0.2) is 16.6 Å². The van der Waals surface area contributed by atoms with Crippen LogP contribution in [0.4, 0.5) is 4.79 Å². The Morgan fingerprint density at radius 2 is 0.723 bits per heavy atom. The van der Waals surface area contributed by atoms with E-state index in [1.54, 1.807) is 28.1 Å². The van der Waals surface area contributed by atoms with Crippen molar-refractivity contribution in [2.24, 2.45) is 28.6 Å². The summed E-state index contributed by atoms with van der Waals surface area (Å²) < 4.78 is 77.1. The molecule has 36 nitrogen and oxygen atoms in total. The number of unbranched alkanes of at least 4 members (excludes halogenated alkanes) is 17. The first-order valence-electron chi connectivity index (χ1n) is 50.7. The van der Waals surface area contributed by atoms with Crippen LogP contribution in [0, 0.1) is 39.9 Å². The number of carboxylic acids is 6. The fourth-order valence-corrected chi connectivity index (χ4v) is 27.6. The Bertz CT molecular complexity index is 3200. The van der Waals surface area contributed by atoms with Gasteiger partial charge in [-0.1, -0.05) is 152 Å². The number of aliphatic carboxylic acids is 6. The summed E-state index contributed by atoms with van der Waals surface area (Å²) in [6.07, 6.45) is 28.5. The van der Waals surface area contributed by atoms with E-state index in [1.165, 1.54) is 107 Å². The van der Waals surface area contributed by atoms with Crippen LogP contribution >= 0.6 is 23.5 Å². The largest absolute Gasteiger partial charge is 0.508 e. The van der Waals surface area contributed by atoms with E-state index in [2.05, 4.69) is 77.8 Å². The molecular weight excluding hydrogens is 1920 g/mol. The fourth-order valence-electron chi connectivity index (χ4n) is 11.3. The fraction of sp³-hybridized carbons (Fsp3) is 0.850. The number of thioether (sulfide) groups is 2. The molecule has 0 aromatic rings. The van der Waals surface area contributed by atoms with Gasteiger partial charge >= 0.3 is 92.3 Å². The molecule has 0 aliphatic heterocycles. The van der Waals surface area contributed by atoms with Gasteiger partial charge in [0.1, 0.15) is 13.2 Å². The highest BCUT2D eigenvalue weighted by Crippen LogP contribution is 2.28. The average molecular weight is 2120 g/mol. The maximum Gasteiger partial charge on any atom is 0.508 e. The first-order chi connectivity index (χ1) is 66.4. The first-order valence-corrected chi connectivity index (χ1v) is 62.0. The molecule has 6 N–H and O–H groups in total. The highest BCUT2D eigenvalue weighted by atomic mass is 32.2. The van der Waals surface area contributed by atoms with Gasteiger partial charge in [-0.25, -0.2) is 4.79 Å². The molecule has 0 aromatic carbocycles. The lowest BCUT2D eigenvalue weighted by atomic mass is 9.91. The van der Waals surface area contributed by atoms with Gasteiger partial charge in [-0.2, -0.15) is 28.8 Å². The lowest BCUT2D eigenvalue weighted by Crippen LogP contribution is -2.52. The second kappa shape index (κ2) is 103. The number of carbonyl (C=O) groups is 14. The van der Waals surface area contributed by atoms with Crippen LogP contribution in [-0.4, -0.2) is 276 Å². The van der Waals surface area contributed by atoms with Crippen LogP contribution in [0.2, 0.25) is 51.4 Å². The van der Waals surface area contributed by atoms with Crippen LogP contribution in [0.1, 0.15) is 334 Å². The summed E-state index contributed by atoms with van der Waals surface area (Å²) in [5.74, 6) is -4.79. The summed E-state index contributed by atoms with van der Waals surface area (Å²) in [7, 11) is -1.07. The van der Waals surface area contributed by atoms with Crippen molar-refractivity contribution in [2.45, 2.75) is 385 Å². The lowest BCUT2D eigenvalue weighted by molar-refractivity contribution is -0.156. The third kappa shape index (κ3) is 122. The molecule has 0 bridgehead atoms. The first kappa shape index (κ1) is 149. The van der Waals surface area contributed by atoms with Gasteiger partial charge in [0.25, 0.3) is 0 Å². The van der Waals surface area contributed by atoms with Crippen LogP contribution in [0.25, 0.3) is 0 Å². The van der Waals surface area contributed by atoms with Crippen LogP contribution in [0.3, 0.4) is 0 Å². The molecule has 3 atom stereocenters. The number of nitrogens with zero attached hydrogens (tertiary/aromatic N) is 1. The highest BCUT2D eigenvalue weighted by molar-refractivity contribution is 7.99. The summed E-state index contributed by atoms with van der Waals surface area (Å²) in [6.45, 7) is 44.5. The number of carbonyl (C=O) groups excluding carboxylic acids is 8. The Kier molecular flexibility index (Phi) is 109. The Balaban J connectivity index is -0.000000243. The van der Waals surface area contributed by atoms with E-state index < -0.39 is 95.9 Å². The van der Waals surface area contributed by atoms with Gasteiger partial charge in [-0.3, -0.25) is 62.3 Å². The van der Waals surface area contributed by atoms with E-state index in [0.717, 1.165) is 89.5 Å². The van der Waals surface area contributed by atoms with Crippen molar-refractivity contribution in [1.82, 2.24) is 0 Å². The number of carboxylic acid groups (broad SMARTS) is 6. The van der Waals surface area contributed by atoms with Gasteiger partial charge in [0.05, 0.1) is 161 Å². The normalized spacial score (nSPS) is 11.6. The van der Waals surface area contributed by atoms with E-state index >= 15 is 0 Å². The predicted molar refractivity (Wildman–Crippen MR) is 555 cm³/mol. The van der Waals surface area contributed by atoms with E-state index in [4.69, 9.17) is 101 Å². The molecule has 0 aliphatic rings. The summed E-state index contributed by atoms with van der Waals surface area (Å²) in [5.41, 5.74) is -0.940. The number of ether oxygens (including phenoxy) is 13. The molecule has 0 fully saturated rings. The zero-order chi connectivity index (χ0) is 109. The number of esters is 7. The number of nitriles is 1. The molecule has 830 valence electrons. The Morgan fingerprint density at radius 3 is 1.11 bits per heavy atom. The molecule has 141 heavy (non-hydrogen) atoms. The van der Waals surface area contributed by atoms with Crippen molar-refractivity contribution in [1.29, 1.82) is 5.26 Å². The molecule has 0 aliphatic carbocycles. The van der Waals surface area contributed by atoms with E-state index in [-0.39, 0.29) is 107 Å². The quantitative estimate of drug-likeness (QED) is 0.0142. The van der Waals surface area contributed by atoms with Crippen molar-refractivity contribution in [3.05, 3.63) is 0 Å². The van der Waals surface area contributed by atoms with Crippen molar-refractivity contribution in [3.63, 3.8) is 0 Å². The van der Waals surface area contributed by atoms with Gasteiger partial charge < -0.3 is 100 Å². The van der Waals surface area contributed by atoms with Crippen LogP contribution in [-0.2, 0) is 132 Å². The van der Waals surface area contributed by atoms with Crippen LogP contribution < -0.4 is 0 Å². The predicted octanol–water partition coefficient (Wildman–Crippen LogP) is 21.3. The van der Waals surface area contributed by atoms with Crippen LogP contribution in [0.15, 0.2) is 0 Å². The van der Waals surface area contributed by atoms with Crippen molar-refractivity contribution < 1.29 is 168 Å². The summed E-state index contributed by atoms with van der Waals surface area (Å²) in [5, 5.41) is 58.9. The molecule has 3 unspecified atom stereocenters. The number of rotatable bonds is 80.